The van der Waals surface area contributed by atoms with Gasteiger partial charge in [-0.15, -0.1) is 0 Å². The third kappa shape index (κ3) is 0.886. The van der Waals surface area contributed by atoms with Gasteiger partial charge in [-0.3, -0.25) is 9.59 Å². The van der Waals surface area contributed by atoms with E-state index in [4.69, 9.17) is 0 Å². The largest absolute Gasteiger partial charge is 0.335 e. The van der Waals surface area contributed by atoms with Gasteiger partial charge in [-0.05, 0) is 12.8 Å². The van der Waals surface area contributed by atoms with Crippen molar-refractivity contribution in [3.8, 4) is 0 Å². The molecule has 2 fully saturated rings. The number of likely N-dealkylation sites (tertiary alicyclic amines) is 1. The molecular formula is C9H13NO2. The Balaban J connectivity index is 2.25. The Hall–Kier alpha value is -0.860. The first-order valence-electron chi connectivity index (χ1n) is 4.53. The maximum absolute atomic E-state index is 11.4. The minimum absolute atomic E-state index is 0.0243. The van der Waals surface area contributed by atoms with E-state index < -0.39 is 0 Å². The second-order valence-corrected chi connectivity index (χ2v) is 3.74. The Kier molecular flexibility index (Phi) is 1.67. The Morgan fingerprint density at radius 1 is 1.25 bits per heavy atom. The number of likely N-dealkylation sites (N-methyl/N-ethyl adjacent to an activating group) is 1. The molecule has 3 nitrogen and oxygen atoms in total. The van der Waals surface area contributed by atoms with Crippen molar-refractivity contribution in [1.29, 1.82) is 0 Å². The van der Waals surface area contributed by atoms with Crippen molar-refractivity contribution in [1.82, 2.24) is 4.90 Å². The molecule has 1 heterocycles. The molecule has 1 saturated heterocycles. The number of fused-ring (bicyclic) bond motifs is 1. The number of ketones is 1. The van der Waals surface area contributed by atoms with Gasteiger partial charge < -0.3 is 4.90 Å². The molecule has 0 radical (unpaired) electrons. The van der Waals surface area contributed by atoms with Crippen LogP contribution in [0.5, 0.6) is 0 Å². The quantitative estimate of drug-likeness (QED) is 0.495. The second-order valence-electron chi connectivity index (χ2n) is 3.74. The van der Waals surface area contributed by atoms with Crippen molar-refractivity contribution in [3.05, 3.63) is 0 Å². The molecule has 0 aromatic heterocycles. The summed E-state index contributed by atoms with van der Waals surface area (Å²) < 4.78 is 0. The number of hydrogen-bond donors (Lipinski definition) is 0. The van der Waals surface area contributed by atoms with E-state index in [0.717, 1.165) is 25.7 Å². The molecule has 12 heavy (non-hydrogen) atoms. The van der Waals surface area contributed by atoms with E-state index in [1.54, 1.807) is 11.9 Å². The summed E-state index contributed by atoms with van der Waals surface area (Å²) in [6.45, 7) is 0. The summed E-state index contributed by atoms with van der Waals surface area (Å²) in [6.07, 6.45) is 4.19. The summed E-state index contributed by atoms with van der Waals surface area (Å²) in [5.41, 5.74) is 0. The normalized spacial score (nSPS) is 35.6. The Morgan fingerprint density at radius 2 is 1.92 bits per heavy atom. The van der Waals surface area contributed by atoms with Crippen LogP contribution in [0.25, 0.3) is 0 Å². The average Bonchev–Trinajstić information content (AvgIpc) is 2.33. The monoisotopic (exact) mass is 167 g/mol. The number of nitrogens with zero attached hydrogens (tertiary/aromatic N) is 1. The van der Waals surface area contributed by atoms with Gasteiger partial charge in [0.2, 0.25) is 5.78 Å². The molecule has 2 rings (SSSR count). The van der Waals surface area contributed by atoms with E-state index in [9.17, 15) is 9.59 Å². The topological polar surface area (TPSA) is 37.4 Å². The van der Waals surface area contributed by atoms with Crippen molar-refractivity contribution in [2.45, 2.75) is 31.7 Å². The van der Waals surface area contributed by atoms with Crippen LogP contribution < -0.4 is 0 Å². The van der Waals surface area contributed by atoms with Gasteiger partial charge in [0.15, 0.2) is 0 Å². The highest BCUT2D eigenvalue weighted by atomic mass is 16.2. The molecule has 66 valence electrons. The van der Waals surface area contributed by atoms with Crippen LogP contribution in [-0.2, 0) is 9.59 Å². The fourth-order valence-corrected chi connectivity index (χ4v) is 2.36. The van der Waals surface area contributed by atoms with Crippen LogP contribution in [0.2, 0.25) is 0 Å². The average molecular weight is 167 g/mol. The first-order valence-corrected chi connectivity index (χ1v) is 4.53. The van der Waals surface area contributed by atoms with Crippen LogP contribution in [0, 0.1) is 5.92 Å². The first-order chi connectivity index (χ1) is 5.72. The second kappa shape index (κ2) is 2.57. The smallest absolute Gasteiger partial charge is 0.290 e. The van der Waals surface area contributed by atoms with Gasteiger partial charge in [0.1, 0.15) is 0 Å². The molecule has 0 bridgehead atoms. The number of carbonyl (C=O) groups excluding carboxylic acids is 2. The molecular weight excluding hydrogens is 154 g/mol. The number of Topliss-reactive ketones (excluding diaryl/α,β-unsaturated/α-hetero) is 1. The fraction of sp³-hybridized carbons (Fsp3) is 0.778. The summed E-state index contributed by atoms with van der Waals surface area (Å²) in [5, 5.41) is 0. The van der Waals surface area contributed by atoms with Crippen LogP contribution in [-0.4, -0.2) is 29.7 Å². The lowest BCUT2D eigenvalue weighted by Gasteiger charge is -2.27. The highest BCUT2D eigenvalue weighted by Crippen LogP contribution is 2.33. The van der Waals surface area contributed by atoms with Crippen molar-refractivity contribution >= 4 is 11.7 Å². The Bertz CT molecular complexity index is 237. The molecule has 3 heteroatoms. The fourth-order valence-electron chi connectivity index (χ4n) is 2.36. The van der Waals surface area contributed by atoms with E-state index in [0.29, 0.717) is 0 Å². The van der Waals surface area contributed by atoms with Gasteiger partial charge in [0.05, 0.1) is 0 Å². The van der Waals surface area contributed by atoms with Crippen molar-refractivity contribution in [2.24, 2.45) is 5.92 Å². The van der Waals surface area contributed by atoms with Gasteiger partial charge in [0.25, 0.3) is 5.91 Å². The summed E-state index contributed by atoms with van der Waals surface area (Å²) in [7, 11) is 1.75. The van der Waals surface area contributed by atoms with Gasteiger partial charge in [-0.1, -0.05) is 12.8 Å². The summed E-state index contributed by atoms with van der Waals surface area (Å²) in [6, 6.07) is 0.221. The van der Waals surface area contributed by atoms with Crippen LogP contribution in [0.1, 0.15) is 25.7 Å². The van der Waals surface area contributed by atoms with Gasteiger partial charge >= 0.3 is 0 Å². The molecule has 0 spiro atoms. The van der Waals surface area contributed by atoms with Crippen LogP contribution in [0.3, 0.4) is 0 Å². The zero-order valence-electron chi connectivity index (χ0n) is 7.25. The molecule has 0 N–H and O–H groups in total. The zero-order valence-corrected chi connectivity index (χ0v) is 7.25. The SMILES string of the molecule is CN1C(=O)C(=O)C2CCCCC21. The lowest BCUT2D eigenvalue weighted by atomic mass is 9.84. The van der Waals surface area contributed by atoms with E-state index in [2.05, 4.69) is 0 Å². The molecule has 2 unspecified atom stereocenters. The van der Waals surface area contributed by atoms with Crippen LogP contribution in [0.15, 0.2) is 0 Å². The Labute approximate surface area is 71.7 Å². The minimum Gasteiger partial charge on any atom is -0.335 e. The van der Waals surface area contributed by atoms with E-state index in [-0.39, 0.29) is 23.7 Å². The highest BCUT2D eigenvalue weighted by molar-refractivity contribution is 6.39. The van der Waals surface area contributed by atoms with E-state index >= 15 is 0 Å². The van der Waals surface area contributed by atoms with Gasteiger partial charge in [-0.25, -0.2) is 0 Å². The van der Waals surface area contributed by atoms with Gasteiger partial charge in [-0.2, -0.15) is 0 Å². The summed E-state index contributed by atoms with van der Waals surface area (Å²) >= 11 is 0. The van der Waals surface area contributed by atoms with E-state index in [1.807, 2.05) is 0 Å². The summed E-state index contributed by atoms with van der Waals surface area (Å²) in [4.78, 5) is 24.2. The summed E-state index contributed by atoms with van der Waals surface area (Å²) in [5.74, 6) is -0.398. The zero-order chi connectivity index (χ0) is 8.72. The maximum atomic E-state index is 11.4. The molecule has 0 aromatic carbocycles. The third-order valence-electron chi connectivity index (χ3n) is 3.09. The molecule has 2 atom stereocenters. The van der Waals surface area contributed by atoms with Crippen molar-refractivity contribution in [2.75, 3.05) is 7.05 Å². The van der Waals surface area contributed by atoms with Crippen LogP contribution >= 0.6 is 0 Å². The number of hydrogen-bond acceptors (Lipinski definition) is 2. The predicted molar refractivity (Wildman–Crippen MR) is 43.5 cm³/mol. The first kappa shape index (κ1) is 7.77. The van der Waals surface area contributed by atoms with Crippen molar-refractivity contribution < 1.29 is 9.59 Å². The number of amides is 1. The predicted octanol–water partition coefficient (Wildman–Crippen LogP) is 0.586. The molecule has 1 amide bonds. The third-order valence-corrected chi connectivity index (χ3v) is 3.09. The maximum Gasteiger partial charge on any atom is 0.290 e. The van der Waals surface area contributed by atoms with Gasteiger partial charge in [0, 0.05) is 19.0 Å². The molecule has 1 aliphatic heterocycles. The van der Waals surface area contributed by atoms with Crippen LogP contribution in [0.4, 0.5) is 0 Å². The number of rotatable bonds is 0. The molecule has 0 aromatic rings. The molecule has 2 aliphatic rings. The Morgan fingerprint density at radius 3 is 2.58 bits per heavy atom. The highest BCUT2D eigenvalue weighted by Gasteiger charge is 2.45. The molecule has 1 saturated carbocycles. The lowest BCUT2D eigenvalue weighted by Crippen LogP contribution is -2.33. The molecule has 1 aliphatic carbocycles. The standard InChI is InChI=1S/C9H13NO2/c1-10-7-5-3-2-4-6(7)8(11)9(10)12/h6-7H,2-5H2,1H3. The van der Waals surface area contributed by atoms with Crippen molar-refractivity contribution in [3.63, 3.8) is 0 Å². The lowest BCUT2D eigenvalue weighted by molar-refractivity contribution is -0.140. The van der Waals surface area contributed by atoms with E-state index in [1.165, 1.54) is 0 Å². The minimum atomic E-state index is -0.271. The number of carbonyl (C=O) groups is 2.